The Morgan fingerprint density at radius 1 is 1.25 bits per heavy atom. The third-order valence-electron chi connectivity index (χ3n) is 3.97. The topological polar surface area (TPSA) is 99.3 Å². The first-order valence-electron chi connectivity index (χ1n) is 8.74. The first-order chi connectivity index (χ1) is 13.4. The molecule has 8 nitrogen and oxygen atoms in total. The molecule has 0 radical (unpaired) electrons. The fourth-order valence-electron chi connectivity index (χ4n) is 2.67. The van der Waals surface area contributed by atoms with Gasteiger partial charge < -0.3 is 14.6 Å². The summed E-state index contributed by atoms with van der Waals surface area (Å²) in [6, 6.07) is 11.8. The van der Waals surface area contributed by atoms with Crippen molar-refractivity contribution < 1.29 is 14.5 Å². The standard InChI is InChI=1S/C20H20N4O4/c1-14(2)28-17-6-3-15(4-7-17)12-22-20(25)16-5-8-18(19(11-16)24(26)27)23-10-9-21-13-23/h3-11,13-14H,12H2,1-2H3,(H,22,25). The van der Waals surface area contributed by atoms with Crippen molar-refractivity contribution in [3.63, 3.8) is 0 Å². The molecule has 1 aromatic heterocycles. The maximum absolute atomic E-state index is 12.4. The van der Waals surface area contributed by atoms with Crippen LogP contribution in [0.15, 0.2) is 61.2 Å². The van der Waals surface area contributed by atoms with Crippen LogP contribution in [-0.4, -0.2) is 26.5 Å². The van der Waals surface area contributed by atoms with Crippen LogP contribution < -0.4 is 10.1 Å². The van der Waals surface area contributed by atoms with E-state index < -0.39 is 4.92 Å². The number of rotatable bonds is 7. The van der Waals surface area contributed by atoms with Crippen LogP contribution in [0.4, 0.5) is 5.69 Å². The van der Waals surface area contributed by atoms with E-state index in [0.717, 1.165) is 11.3 Å². The van der Waals surface area contributed by atoms with Gasteiger partial charge in [-0.05, 0) is 43.7 Å². The number of hydrogen-bond acceptors (Lipinski definition) is 5. The van der Waals surface area contributed by atoms with Crippen molar-refractivity contribution in [2.24, 2.45) is 0 Å². The van der Waals surface area contributed by atoms with E-state index in [-0.39, 0.29) is 23.3 Å². The molecular weight excluding hydrogens is 360 g/mol. The van der Waals surface area contributed by atoms with Crippen LogP contribution >= 0.6 is 0 Å². The Balaban J connectivity index is 1.70. The van der Waals surface area contributed by atoms with Gasteiger partial charge in [-0.3, -0.25) is 14.9 Å². The van der Waals surface area contributed by atoms with Crippen LogP contribution in [0, 0.1) is 10.1 Å². The summed E-state index contributed by atoms with van der Waals surface area (Å²) in [7, 11) is 0. The minimum atomic E-state index is -0.514. The number of nitro benzene ring substituents is 1. The van der Waals surface area contributed by atoms with E-state index in [1.165, 1.54) is 29.2 Å². The SMILES string of the molecule is CC(C)Oc1ccc(CNC(=O)c2ccc(-n3ccnc3)c([N+](=O)[O-])c2)cc1. The molecule has 1 heterocycles. The average Bonchev–Trinajstić information content (AvgIpc) is 3.21. The third-order valence-corrected chi connectivity index (χ3v) is 3.97. The van der Waals surface area contributed by atoms with E-state index in [9.17, 15) is 14.9 Å². The van der Waals surface area contributed by atoms with Gasteiger partial charge in [-0.25, -0.2) is 4.98 Å². The van der Waals surface area contributed by atoms with E-state index in [0.29, 0.717) is 12.2 Å². The lowest BCUT2D eigenvalue weighted by atomic mass is 10.1. The summed E-state index contributed by atoms with van der Waals surface area (Å²) >= 11 is 0. The highest BCUT2D eigenvalue weighted by atomic mass is 16.6. The van der Waals surface area contributed by atoms with E-state index in [2.05, 4.69) is 10.3 Å². The maximum Gasteiger partial charge on any atom is 0.294 e. The number of benzene rings is 2. The average molecular weight is 380 g/mol. The number of amides is 1. The molecule has 2 aromatic carbocycles. The van der Waals surface area contributed by atoms with Crippen molar-refractivity contribution in [2.45, 2.75) is 26.5 Å². The highest BCUT2D eigenvalue weighted by Gasteiger charge is 2.18. The number of ether oxygens (including phenoxy) is 1. The van der Waals surface area contributed by atoms with Crippen molar-refractivity contribution in [3.05, 3.63) is 82.4 Å². The predicted molar refractivity (Wildman–Crippen MR) is 104 cm³/mol. The van der Waals surface area contributed by atoms with Crippen LogP contribution in [0.1, 0.15) is 29.8 Å². The van der Waals surface area contributed by atoms with Gasteiger partial charge >= 0.3 is 0 Å². The van der Waals surface area contributed by atoms with E-state index in [1.807, 2.05) is 38.1 Å². The normalized spacial score (nSPS) is 10.7. The van der Waals surface area contributed by atoms with Gasteiger partial charge in [-0.1, -0.05) is 12.1 Å². The Bertz CT molecular complexity index is 966. The van der Waals surface area contributed by atoms with Gasteiger partial charge in [0, 0.05) is 30.6 Å². The lowest BCUT2D eigenvalue weighted by Crippen LogP contribution is -2.23. The minimum Gasteiger partial charge on any atom is -0.491 e. The number of aromatic nitrogens is 2. The summed E-state index contributed by atoms with van der Waals surface area (Å²) in [4.78, 5) is 27.2. The molecule has 0 atom stereocenters. The molecule has 0 saturated heterocycles. The second-order valence-corrected chi connectivity index (χ2v) is 6.42. The van der Waals surface area contributed by atoms with Crippen molar-refractivity contribution in [1.29, 1.82) is 0 Å². The molecule has 0 spiro atoms. The summed E-state index contributed by atoms with van der Waals surface area (Å²) in [5, 5.41) is 14.2. The van der Waals surface area contributed by atoms with Crippen LogP contribution in [0.3, 0.4) is 0 Å². The Morgan fingerprint density at radius 3 is 2.61 bits per heavy atom. The zero-order chi connectivity index (χ0) is 20.1. The molecule has 0 fully saturated rings. The van der Waals surface area contributed by atoms with Gasteiger partial charge in [0.1, 0.15) is 11.4 Å². The molecule has 1 amide bonds. The maximum atomic E-state index is 12.4. The van der Waals surface area contributed by atoms with Gasteiger partial charge in [0.25, 0.3) is 11.6 Å². The summed E-state index contributed by atoms with van der Waals surface area (Å²) in [5.74, 6) is 0.374. The van der Waals surface area contributed by atoms with Crippen molar-refractivity contribution in [1.82, 2.24) is 14.9 Å². The number of carbonyl (C=O) groups is 1. The highest BCUT2D eigenvalue weighted by Crippen LogP contribution is 2.24. The van der Waals surface area contributed by atoms with E-state index >= 15 is 0 Å². The van der Waals surface area contributed by atoms with Crippen molar-refractivity contribution >= 4 is 11.6 Å². The quantitative estimate of drug-likeness (QED) is 0.500. The zero-order valence-corrected chi connectivity index (χ0v) is 15.5. The first-order valence-corrected chi connectivity index (χ1v) is 8.74. The largest absolute Gasteiger partial charge is 0.491 e. The van der Waals surface area contributed by atoms with Crippen LogP contribution in [0.2, 0.25) is 0 Å². The Kier molecular flexibility index (Phi) is 5.69. The molecule has 0 aliphatic rings. The summed E-state index contributed by atoms with van der Waals surface area (Å²) < 4.78 is 7.11. The fraction of sp³-hybridized carbons (Fsp3) is 0.200. The van der Waals surface area contributed by atoms with Crippen LogP contribution in [0.25, 0.3) is 5.69 Å². The van der Waals surface area contributed by atoms with Gasteiger partial charge in [0.05, 0.1) is 17.4 Å². The zero-order valence-electron chi connectivity index (χ0n) is 15.5. The third kappa shape index (κ3) is 4.53. The second kappa shape index (κ2) is 8.34. The molecule has 0 aliphatic carbocycles. The Morgan fingerprint density at radius 2 is 2.00 bits per heavy atom. The fourth-order valence-corrected chi connectivity index (χ4v) is 2.67. The molecular formula is C20H20N4O4. The second-order valence-electron chi connectivity index (χ2n) is 6.42. The highest BCUT2D eigenvalue weighted by molar-refractivity contribution is 5.95. The van der Waals surface area contributed by atoms with Gasteiger partial charge in [0.15, 0.2) is 0 Å². The molecule has 0 unspecified atom stereocenters. The molecule has 1 N–H and O–H groups in total. The number of nitrogens with zero attached hydrogens (tertiary/aromatic N) is 3. The lowest BCUT2D eigenvalue weighted by molar-refractivity contribution is -0.384. The number of nitro groups is 1. The summed E-state index contributed by atoms with van der Waals surface area (Å²) in [5.41, 5.74) is 1.30. The van der Waals surface area contributed by atoms with Crippen molar-refractivity contribution in [3.8, 4) is 11.4 Å². The molecule has 28 heavy (non-hydrogen) atoms. The van der Waals surface area contributed by atoms with E-state index in [4.69, 9.17) is 4.74 Å². The number of hydrogen-bond donors (Lipinski definition) is 1. The molecule has 3 aromatic rings. The van der Waals surface area contributed by atoms with Crippen LogP contribution in [0.5, 0.6) is 5.75 Å². The smallest absolute Gasteiger partial charge is 0.294 e. The molecule has 144 valence electrons. The molecule has 0 saturated carbocycles. The van der Waals surface area contributed by atoms with Crippen molar-refractivity contribution in [2.75, 3.05) is 0 Å². The lowest BCUT2D eigenvalue weighted by Gasteiger charge is -2.11. The van der Waals surface area contributed by atoms with Gasteiger partial charge in [-0.15, -0.1) is 0 Å². The van der Waals surface area contributed by atoms with Gasteiger partial charge in [-0.2, -0.15) is 0 Å². The number of imidazole rings is 1. The van der Waals surface area contributed by atoms with Crippen LogP contribution in [-0.2, 0) is 6.54 Å². The summed E-state index contributed by atoms with van der Waals surface area (Å²) in [6.45, 7) is 4.20. The molecule has 8 heteroatoms. The Hall–Kier alpha value is -3.68. The monoisotopic (exact) mass is 380 g/mol. The molecule has 0 bridgehead atoms. The number of nitrogens with one attached hydrogen (secondary N) is 1. The Labute approximate surface area is 161 Å². The molecule has 3 rings (SSSR count). The first kappa shape index (κ1) is 19.1. The number of carbonyl (C=O) groups excluding carboxylic acids is 1. The van der Waals surface area contributed by atoms with Gasteiger partial charge in [0.2, 0.25) is 0 Å². The van der Waals surface area contributed by atoms with E-state index in [1.54, 1.807) is 12.3 Å². The molecule has 0 aliphatic heterocycles. The minimum absolute atomic E-state index is 0.0895. The summed E-state index contributed by atoms with van der Waals surface area (Å²) in [6.07, 6.45) is 4.69. The predicted octanol–water partition coefficient (Wildman–Crippen LogP) is 3.50.